The summed E-state index contributed by atoms with van der Waals surface area (Å²) >= 11 is 0. The number of hydrogen-bond donors (Lipinski definition) is 2. The summed E-state index contributed by atoms with van der Waals surface area (Å²) in [5.74, 6) is -0.819. The van der Waals surface area contributed by atoms with Gasteiger partial charge in [-0.2, -0.15) is 0 Å². The lowest BCUT2D eigenvalue weighted by Crippen LogP contribution is -2.59. The lowest BCUT2D eigenvalue weighted by molar-refractivity contribution is -0.119. The molecule has 0 aliphatic carbocycles. The van der Waals surface area contributed by atoms with Crippen LogP contribution >= 0.6 is 0 Å². The third-order valence-electron chi connectivity index (χ3n) is 4.24. The fraction of sp³-hybridized carbons (Fsp3) is 0.263. The van der Waals surface area contributed by atoms with Crippen molar-refractivity contribution in [1.29, 1.82) is 0 Å². The van der Waals surface area contributed by atoms with Crippen LogP contribution in [0.3, 0.4) is 0 Å². The summed E-state index contributed by atoms with van der Waals surface area (Å²) < 4.78 is 0. The van der Waals surface area contributed by atoms with Gasteiger partial charge in [0.1, 0.15) is 6.54 Å². The number of para-hydroxylation sites is 1. The van der Waals surface area contributed by atoms with Crippen molar-refractivity contribution in [2.45, 2.75) is 25.8 Å². The average Bonchev–Trinajstić information content (AvgIpc) is 2.63. The zero-order valence-electron chi connectivity index (χ0n) is 14.2. The molecule has 6 nitrogen and oxygen atoms in total. The van der Waals surface area contributed by atoms with Gasteiger partial charge in [-0.05, 0) is 24.1 Å². The lowest BCUT2D eigenvalue weighted by atomic mass is 10.00. The molecule has 0 bridgehead atoms. The minimum absolute atomic E-state index is 0.0239. The van der Waals surface area contributed by atoms with Gasteiger partial charge in [0.15, 0.2) is 0 Å². The third-order valence-corrected chi connectivity index (χ3v) is 4.24. The molecular formula is C19H22N4O2. The van der Waals surface area contributed by atoms with Crippen LogP contribution < -0.4 is 16.3 Å². The number of benzene rings is 2. The second-order valence-corrected chi connectivity index (χ2v) is 6.06. The summed E-state index contributed by atoms with van der Waals surface area (Å²) in [5.41, 5.74) is 10.9. The van der Waals surface area contributed by atoms with Crippen molar-refractivity contribution in [3.05, 3.63) is 65.7 Å². The van der Waals surface area contributed by atoms with Crippen LogP contribution in [0.1, 0.15) is 41.7 Å². The van der Waals surface area contributed by atoms with Gasteiger partial charge in [0, 0.05) is 0 Å². The number of fused-ring (bicyclic) bond motifs is 1. The van der Waals surface area contributed by atoms with Crippen LogP contribution in [0, 0.1) is 0 Å². The summed E-state index contributed by atoms with van der Waals surface area (Å²) in [6, 6.07) is 17.5. The zero-order valence-corrected chi connectivity index (χ0v) is 14.2. The van der Waals surface area contributed by atoms with E-state index in [1.165, 1.54) is 5.01 Å². The molecule has 1 aliphatic heterocycles. The molecule has 6 heteroatoms. The highest BCUT2D eigenvalue weighted by Gasteiger charge is 2.33. The first kappa shape index (κ1) is 17.0. The molecule has 0 radical (unpaired) electrons. The molecule has 25 heavy (non-hydrogen) atoms. The van der Waals surface area contributed by atoms with Crippen molar-refractivity contribution in [2.24, 2.45) is 5.73 Å². The third kappa shape index (κ3) is 3.49. The molecule has 2 aromatic rings. The molecule has 1 heterocycles. The van der Waals surface area contributed by atoms with E-state index in [0.717, 1.165) is 24.1 Å². The molecule has 2 amide bonds. The molecule has 3 rings (SSSR count). The van der Waals surface area contributed by atoms with E-state index in [1.54, 1.807) is 6.07 Å². The molecule has 3 N–H and O–H groups in total. The Balaban J connectivity index is 2.04. The van der Waals surface area contributed by atoms with Gasteiger partial charge in [-0.15, -0.1) is 5.53 Å². The maximum Gasteiger partial charge on any atom is 0.272 e. The predicted molar refractivity (Wildman–Crippen MR) is 96.4 cm³/mol. The number of nitrogens with one attached hydrogen (secondary N) is 1. The van der Waals surface area contributed by atoms with Crippen molar-refractivity contribution >= 4 is 17.5 Å². The summed E-state index contributed by atoms with van der Waals surface area (Å²) in [4.78, 5) is 24.0. The molecular weight excluding hydrogens is 316 g/mol. The van der Waals surface area contributed by atoms with E-state index >= 15 is 0 Å². The van der Waals surface area contributed by atoms with Crippen LogP contribution in [-0.4, -0.2) is 23.4 Å². The van der Waals surface area contributed by atoms with Crippen molar-refractivity contribution in [2.75, 3.05) is 11.6 Å². The maximum atomic E-state index is 12.6. The maximum absolute atomic E-state index is 12.6. The number of carbonyl (C=O) groups excluding carboxylic acids is 2. The van der Waals surface area contributed by atoms with Crippen molar-refractivity contribution in [3.8, 4) is 0 Å². The molecule has 1 aliphatic rings. The smallest absolute Gasteiger partial charge is 0.272 e. The first-order chi connectivity index (χ1) is 12.1. The number of nitrogens with zero attached hydrogens (tertiary/aromatic N) is 2. The van der Waals surface area contributed by atoms with Crippen molar-refractivity contribution in [3.63, 3.8) is 0 Å². The van der Waals surface area contributed by atoms with Crippen molar-refractivity contribution in [1.82, 2.24) is 10.5 Å². The van der Waals surface area contributed by atoms with E-state index in [0.29, 0.717) is 5.56 Å². The summed E-state index contributed by atoms with van der Waals surface area (Å²) in [5, 5.41) is 3.23. The number of hydrazine groups is 2. The van der Waals surface area contributed by atoms with Crippen LogP contribution in [0.25, 0.3) is 0 Å². The number of nitrogens with two attached hydrogens (primary N) is 1. The van der Waals surface area contributed by atoms with E-state index in [-0.39, 0.29) is 18.5 Å². The number of rotatable bonds is 6. The minimum Gasteiger partial charge on any atom is -0.368 e. The molecule has 0 aromatic heterocycles. The van der Waals surface area contributed by atoms with E-state index in [4.69, 9.17) is 5.73 Å². The summed E-state index contributed by atoms with van der Waals surface area (Å²) in [6.45, 7) is 1.94. The van der Waals surface area contributed by atoms with Gasteiger partial charge < -0.3 is 5.73 Å². The van der Waals surface area contributed by atoms with E-state index in [1.807, 2.05) is 41.4 Å². The van der Waals surface area contributed by atoms with Crippen LogP contribution in [0.4, 0.5) is 5.69 Å². The van der Waals surface area contributed by atoms with Gasteiger partial charge in [0.25, 0.3) is 5.91 Å². The highest BCUT2D eigenvalue weighted by atomic mass is 16.2. The lowest BCUT2D eigenvalue weighted by Gasteiger charge is -2.42. The Bertz CT molecular complexity index is 763. The molecule has 0 saturated carbocycles. The summed E-state index contributed by atoms with van der Waals surface area (Å²) in [6.07, 6.45) is 1.87. The van der Waals surface area contributed by atoms with Gasteiger partial charge in [-0.1, -0.05) is 55.8 Å². The Morgan fingerprint density at radius 3 is 2.48 bits per heavy atom. The predicted octanol–water partition coefficient (Wildman–Crippen LogP) is 2.40. The Labute approximate surface area is 147 Å². The number of carbonyl (C=O) groups is 2. The molecule has 0 saturated heterocycles. The van der Waals surface area contributed by atoms with Crippen LogP contribution in [0.5, 0.6) is 0 Å². The Morgan fingerprint density at radius 1 is 1.12 bits per heavy atom. The Morgan fingerprint density at radius 2 is 1.80 bits per heavy atom. The van der Waals surface area contributed by atoms with E-state index in [9.17, 15) is 9.59 Å². The van der Waals surface area contributed by atoms with Gasteiger partial charge in [0.05, 0.1) is 17.3 Å². The number of amides is 2. The van der Waals surface area contributed by atoms with E-state index < -0.39 is 5.91 Å². The van der Waals surface area contributed by atoms with Gasteiger partial charge >= 0.3 is 0 Å². The fourth-order valence-corrected chi connectivity index (χ4v) is 3.13. The number of primary amides is 1. The molecule has 2 aromatic carbocycles. The largest absolute Gasteiger partial charge is 0.368 e. The van der Waals surface area contributed by atoms with Gasteiger partial charge in [0.2, 0.25) is 5.91 Å². The van der Waals surface area contributed by atoms with Gasteiger partial charge in [-0.3, -0.25) is 14.6 Å². The Hall–Kier alpha value is -2.86. The molecule has 1 atom stereocenters. The normalized spacial score (nSPS) is 15.0. The van der Waals surface area contributed by atoms with Crippen molar-refractivity contribution < 1.29 is 9.59 Å². The molecule has 1 unspecified atom stereocenters. The second kappa shape index (κ2) is 7.36. The molecule has 0 fully saturated rings. The van der Waals surface area contributed by atoms with Gasteiger partial charge in [-0.25, -0.2) is 5.01 Å². The zero-order chi connectivity index (χ0) is 17.8. The molecule has 130 valence electrons. The first-order valence-corrected chi connectivity index (χ1v) is 8.41. The standard InChI is InChI=1S/C19H22N4O2/c1-2-8-16(14-9-4-3-5-10-14)23-17-12-7-6-11-15(17)19(25)22(21-23)13-18(20)24/h3-7,9-12,16,21H,2,8,13H2,1H3,(H2,20,24). The molecule has 0 spiro atoms. The highest BCUT2D eigenvalue weighted by Crippen LogP contribution is 2.34. The minimum atomic E-state index is -0.563. The van der Waals surface area contributed by atoms with Crippen LogP contribution in [-0.2, 0) is 4.79 Å². The van der Waals surface area contributed by atoms with Crippen LogP contribution in [0.15, 0.2) is 54.6 Å². The highest BCUT2D eigenvalue weighted by molar-refractivity contribution is 6.02. The average molecular weight is 338 g/mol. The van der Waals surface area contributed by atoms with E-state index in [2.05, 4.69) is 24.6 Å². The fourth-order valence-electron chi connectivity index (χ4n) is 3.13. The Kier molecular flexibility index (Phi) is 5.00. The second-order valence-electron chi connectivity index (χ2n) is 6.06. The quantitative estimate of drug-likeness (QED) is 0.848. The summed E-state index contributed by atoms with van der Waals surface area (Å²) in [7, 11) is 0. The number of hydrogen-bond acceptors (Lipinski definition) is 4. The first-order valence-electron chi connectivity index (χ1n) is 8.41. The number of anilines is 1. The van der Waals surface area contributed by atoms with Crippen LogP contribution in [0.2, 0.25) is 0 Å². The topological polar surface area (TPSA) is 78.7 Å². The SMILES string of the molecule is CCCC(c1ccccc1)N1NN(CC(N)=O)C(=O)c2ccccc21. The monoisotopic (exact) mass is 338 g/mol.